The topological polar surface area (TPSA) is 142 Å². The number of carbonyl (C=O) groups is 4. The quantitative estimate of drug-likeness (QED) is 0.237. The van der Waals surface area contributed by atoms with Crippen molar-refractivity contribution in [1.82, 2.24) is 0 Å². The highest BCUT2D eigenvalue weighted by atomic mass is 16.7. The van der Waals surface area contributed by atoms with E-state index in [0.29, 0.717) is 12.2 Å². The maximum atomic E-state index is 11.9. The molecule has 0 unspecified atom stereocenters. The highest BCUT2D eigenvalue weighted by Gasteiger charge is 2.52. The summed E-state index contributed by atoms with van der Waals surface area (Å²) in [6.45, 7) is 4.85. The number of esters is 4. The number of hydrogen-bond acceptors (Lipinski definition) is 12. The molecule has 0 bridgehead atoms. The molecule has 0 aromatic heterocycles. The maximum Gasteiger partial charge on any atom is 0.303 e. The summed E-state index contributed by atoms with van der Waals surface area (Å²) in [6, 6.07) is 5.77. The van der Waals surface area contributed by atoms with Crippen LogP contribution in [-0.4, -0.2) is 74.6 Å². The molecule has 0 spiro atoms. The van der Waals surface area contributed by atoms with Crippen LogP contribution >= 0.6 is 0 Å². The molecule has 12 nitrogen and oxygen atoms in total. The SMILES string of the molecule is CC(=O)OC[C@H]1O[C@@H](OCCCCc2ccc3c(c2)OCO3)[C@H](OC(C)=O)[C@@H](OC(C)=O)[C@@H]1OC(C)=O. The van der Waals surface area contributed by atoms with Gasteiger partial charge in [0.05, 0.1) is 0 Å². The minimum absolute atomic E-state index is 0.211. The third kappa shape index (κ3) is 8.32. The van der Waals surface area contributed by atoms with Gasteiger partial charge in [-0.15, -0.1) is 0 Å². The van der Waals surface area contributed by atoms with Crippen molar-refractivity contribution in [2.24, 2.45) is 0 Å². The monoisotopic (exact) mass is 524 g/mol. The van der Waals surface area contributed by atoms with Crippen molar-refractivity contribution in [3.05, 3.63) is 23.8 Å². The molecule has 0 N–H and O–H groups in total. The number of fused-ring (bicyclic) bond motifs is 1. The second-order valence-electron chi connectivity index (χ2n) is 8.58. The van der Waals surface area contributed by atoms with Crippen molar-refractivity contribution in [2.45, 2.75) is 77.7 Å². The first-order valence-corrected chi connectivity index (χ1v) is 11.9. The summed E-state index contributed by atoms with van der Waals surface area (Å²) in [5, 5.41) is 0. The fraction of sp³-hybridized carbons (Fsp3) is 0.600. The van der Waals surface area contributed by atoms with Gasteiger partial charge in [0.15, 0.2) is 36.1 Å². The number of ether oxygens (including phenoxy) is 8. The van der Waals surface area contributed by atoms with E-state index in [1.807, 2.05) is 18.2 Å². The summed E-state index contributed by atoms with van der Waals surface area (Å²) in [5.74, 6) is -1.22. The van der Waals surface area contributed by atoms with Gasteiger partial charge in [0.2, 0.25) is 6.79 Å². The van der Waals surface area contributed by atoms with Gasteiger partial charge in [0.1, 0.15) is 12.7 Å². The summed E-state index contributed by atoms with van der Waals surface area (Å²) in [4.78, 5) is 46.9. The van der Waals surface area contributed by atoms with E-state index in [1.165, 1.54) is 13.8 Å². The molecule has 1 aromatic rings. The molecule has 1 fully saturated rings. The van der Waals surface area contributed by atoms with Crippen molar-refractivity contribution in [3.8, 4) is 11.5 Å². The Labute approximate surface area is 214 Å². The Hall–Kier alpha value is -3.38. The number of unbranched alkanes of at least 4 members (excludes halogenated alkanes) is 1. The molecule has 0 saturated carbocycles. The van der Waals surface area contributed by atoms with E-state index in [1.54, 1.807) is 0 Å². The molecule has 0 aliphatic carbocycles. The minimum Gasteiger partial charge on any atom is -0.463 e. The summed E-state index contributed by atoms with van der Waals surface area (Å²) in [6.07, 6.45) is -3.75. The lowest BCUT2D eigenvalue weighted by atomic mass is 9.98. The lowest BCUT2D eigenvalue weighted by molar-refractivity contribution is -0.308. The Kier molecular flexibility index (Phi) is 10.1. The molecule has 37 heavy (non-hydrogen) atoms. The fourth-order valence-corrected chi connectivity index (χ4v) is 4.05. The van der Waals surface area contributed by atoms with Crippen LogP contribution in [0.4, 0.5) is 0 Å². The van der Waals surface area contributed by atoms with Crippen LogP contribution < -0.4 is 9.47 Å². The van der Waals surface area contributed by atoms with E-state index < -0.39 is 54.6 Å². The zero-order valence-corrected chi connectivity index (χ0v) is 21.3. The average Bonchev–Trinajstić information content (AvgIpc) is 3.28. The van der Waals surface area contributed by atoms with Crippen LogP contribution in [0.25, 0.3) is 0 Å². The molecule has 2 aliphatic heterocycles. The molecular formula is C25H32O12. The molecule has 1 saturated heterocycles. The molecule has 204 valence electrons. The first-order valence-electron chi connectivity index (χ1n) is 11.9. The smallest absolute Gasteiger partial charge is 0.303 e. The lowest BCUT2D eigenvalue weighted by Gasteiger charge is -2.44. The van der Waals surface area contributed by atoms with Crippen molar-refractivity contribution in [3.63, 3.8) is 0 Å². The molecule has 1 aromatic carbocycles. The van der Waals surface area contributed by atoms with E-state index in [0.717, 1.165) is 38.0 Å². The predicted octanol–water partition coefficient (Wildman–Crippen LogP) is 1.84. The standard InChI is InChI=1S/C25H32O12/c1-14(26)31-12-21-22(34-15(2)27)23(35-16(3)28)24(36-17(4)29)25(37-21)30-10-6-5-7-18-8-9-19-20(11-18)33-13-32-19/h8-9,11,21-25H,5-7,10,12-13H2,1-4H3/t21-,22-,23+,24-,25-/m1/s1. The van der Waals surface area contributed by atoms with Gasteiger partial charge < -0.3 is 37.9 Å². The van der Waals surface area contributed by atoms with Crippen molar-refractivity contribution < 1.29 is 57.1 Å². The van der Waals surface area contributed by atoms with Crippen molar-refractivity contribution >= 4 is 23.9 Å². The van der Waals surface area contributed by atoms with Crippen LogP contribution in [0.3, 0.4) is 0 Å². The summed E-state index contributed by atoms with van der Waals surface area (Å²) in [5.41, 5.74) is 1.08. The molecule has 2 aliphatic rings. The first-order chi connectivity index (χ1) is 17.6. The third-order valence-electron chi connectivity index (χ3n) is 5.53. The van der Waals surface area contributed by atoms with Crippen LogP contribution in [0.15, 0.2) is 18.2 Å². The zero-order valence-electron chi connectivity index (χ0n) is 21.3. The molecule has 12 heteroatoms. The van der Waals surface area contributed by atoms with Crippen LogP contribution in [0, 0.1) is 0 Å². The van der Waals surface area contributed by atoms with E-state index in [4.69, 9.17) is 37.9 Å². The van der Waals surface area contributed by atoms with Gasteiger partial charge in [-0.25, -0.2) is 0 Å². The second-order valence-corrected chi connectivity index (χ2v) is 8.58. The van der Waals surface area contributed by atoms with Crippen LogP contribution in [0.5, 0.6) is 11.5 Å². The van der Waals surface area contributed by atoms with Gasteiger partial charge in [-0.2, -0.15) is 0 Å². The molecular weight excluding hydrogens is 492 g/mol. The Balaban J connectivity index is 1.67. The van der Waals surface area contributed by atoms with E-state index in [9.17, 15) is 19.2 Å². The van der Waals surface area contributed by atoms with Gasteiger partial charge in [-0.05, 0) is 37.0 Å². The number of benzene rings is 1. The lowest BCUT2D eigenvalue weighted by Crippen LogP contribution is -2.63. The third-order valence-corrected chi connectivity index (χ3v) is 5.53. The van der Waals surface area contributed by atoms with Crippen LogP contribution in [-0.2, 0) is 54.0 Å². The molecule has 5 atom stereocenters. The number of rotatable bonds is 11. The molecule has 0 radical (unpaired) electrons. The van der Waals surface area contributed by atoms with Gasteiger partial charge in [0.25, 0.3) is 0 Å². The average molecular weight is 525 g/mol. The Morgan fingerprint density at radius 2 is 1.46 bits per heavy atom. The molecule has 2 heterocycles. The van der Waals surface area contributed by atoms with Crippen molar-refractivity contribution in [1.29, 1.82) is 0 Å². The Morgan fingerprint density at radius 3 is 2.14 bits per heavy atom. The maximum absolute atomic E-state index is 11.9. The van der Waals surface area contributed by atoms with Crippen LogP contribution in [0.2, 0.25) is 0 Å². The fourth-order valence-electron chi connectivity index (χ4n) is 4.05. The highest BCUT2D eigenvalue weighted by molar-refractivity contribution is 5.68. The molecule has 0 amide bonds. The van der Waals surface area contributed by atoms with E-state index >= 15 is 0 Å². The summed E-state index contributed by atoms with van der Waals surface area (Å²) >= 11 is 0. The van der Waals surface area contributed by atoms with Crippen LogP contribution in [0.1, 0.15) is 46.1 Å². The van der Waals surface area contributed by atoms with E-state index in [2.05, 4.69) is 0 Å². The Bertz CT molecular complexity index is 976. The van der Waals surface area contributed by atoms with Gasteiger partial charge in [0, 0.05) is 34.3 Å². The van der Waals surface area contributed by atoms with Gasteiger partial charge in [-0.1, -0.05) is 6.07 Å². The minimum atomic E-state index is -1.25. The van der Waals surface area contributed by atoms with Gasteiger partial charge >= 0.3 is 23.9 Å². The first kappa shape index (κ1) is 28.2. The summed E-state index contributed by atoms with van der Waals surface area (Å²) in [7, 11) is 0. The summed E-state index contributed by atoms with van der Waals surface area (Å²) < 4.78 is 43.7. The number of aryl methyl sites for hydroxylation is 1. The Morgan fingerprint density at radius 1 is 0.811 bits per heavy atom. The van der Waals surface area contributed by atoms with E-state index in [-0.39, 0.29) is 20.0 Å². The number of carbonyl (C=O) groups excluding carboxylic acids is 4. The predicted molar refractivity (Wildman–Crippen MR) is 123 cm³/mol. The van der Waals surface area contributed by atoms with Crippen molar-refractivity contribution in [2.75, 3.05) is 20.0 Å². The normalized spacial score (nSPS) is 24.2. The van der Waals surface area contributed by atoms with Gasteiger partial charge in [-0.3, -0.25) is 19.2 Å². The highest BCUT2D eigenvalue weighted by Crippen LogP contribution is 2.33. The molecule has 3 rings (SSSR count). The second kappa shape index (κ2) is 13.2. The zero-order chi connectivity index (χ0) is 26.9. The largest absolute Gasteiger partial charge is 0.463 e. The number of hydrogen-bond donors (Lipinski definition) is 0.